The zero-order valence-electron chi connectivity index (χ0n) is 11.2. The molecular formula is C15H12ClN3O2. The first-order valence-electron chi connectivity index (χ1n) is 5.99. The van der Waals surface area contributed by atoms with Gasteiger partial charge in [0.1, 0.15) is 11.8 Å². The number of hydrogen-bond acceptors (Lipinski definition) is 4. The highest BCUT2D eigenvalue weighted by atomic mass is 35.5. The fourth-order valence-corrected chi connectivity index (χ4v) is 1.99. The second-order valence-electron chi connectivity index (χ2n) is 4.22. The number of ether oxygens (including phenoxy) is 1. The number of hydrogen-bond donors (Lipinski definition) is 2. The maximum atomic E-state index is 12.1. The van der Waals surface area contributed by atoms with Gasteiger partial charge in [-0.05, 0) is 36.4 Å². The van der Waals surface area contributed by atoms with E-state index < -0.39 is 0 Å². The smallest absolute Gasteiger partial charge is 0.255 e. The highest BCUT2D eigenvalue weighted by Gasteiger charge is 2.10. The zero-order chi connectivity index (χ0) is 15.4. The maximum Gasteiger partial charge on any atom is 0.255 e. The molecule has 2 aromatic rings. The molecule has 0 aliphatic heterocycles. The molecule has 6 heteroatoms. The van der Waals surface area contributed by atoms with Crippen LogP contribution in [0.3, 0.4) is 0 Å². The molecule has 0 atom stereocenters. The van der Waals surface area contributed by atoms with Gasteiger partial charge in [-0.1, -0.05) is 11.6 Å². The Morgan fingerprint density at radius 3 is 2.67 bits per heavy atom. The average molecular weight is 302 g/mol. The fraction of sp³-hybridized carbons (Fsp3) is 0.0667. The first-order chi connectivity index (χ1) is 10.0. The number of benzene rings is 2. The van der Waals surface area contributed by atoms with Gasteiger partial charge in [0.25, 0.3) is 5.91 Å². The molecule has 0 heterocycles. The van der Waals surface area contributed by atoms with Gasteiger partial charge in [-0.25, -0.2) is 0 Å². The highest BCUT2D eigenvalue weighted by Crippen LogP contribution is 2.24. The quantitative estimate of drug-likeness (QED) is 0.853. The maximum absolute atomic E-state index is 12.1. The van der Waals surface area contributed by atoms with E-state index in [2.05, 4.69) is 5.32 Å². The molecule has 0 aliphatic carbocycles. The second-order valence-corrected chi connectivity index (χ2v) is 4.62. The van der Waals surface area contributed by atoms with Crippen molar-refractivity contribution < 1.29 is 9.53 Å². The Balaban J connectivity index is 2.20. The number of nitriles is 1. The normalized spacial score (nSPS) is 9.76. The summed E-state index contributed by atoms with van der Waals surface area (Å²) in [5.74, 6) is 0.179. The molecule has 0 aliphatic rings. The minimum atomic E-state index is -0.329. The standard InChI is InChI=1S/C15H12ClN3O2/c1-21-14-5-3-9(6-13(14)18)15(20)19-11-4-2-10(8-17)12(16)7-11/h2-7H,18H2,1H3,(H,19,20). The Hall–Kier alpha value is -2.71. The summed E-state index contributed by atoms with van der Waals surface area (Å²) in [7, 11) is 1.50. The van der Waals surface area contributed by atoms with Crippen molar-refractivity contribution in [1.29, 1.82) is 5.26 Å². The minimum absolute atomic E-state index is 0.282. The fourth-order valence-electron chi connectivity index (χ4n) is 1.76. The molecule has 0 unspecified atom stereocenters. The number of carbonyl (C=O) groups is 1. The van der Waals surface area contributed by atoms with Crippen LogP contribution in [0.4, 0.5) is 11.4 Å². The Bertz CT molecular complexity index is 738. The summed E-state index contributed by atoms with van der Waals surface area (Å²) in [6, 6.07) is 11.4. The van der Waals surface area contributed by atoms with Gasteiger partial charge in [0.2, 0.25) is 0 Å². The van der Waals surface area contributed by atoms with Crippen LogP contribution >= 0.6 is 11.6 Å². The summed E-state index contributed by atoms with van der Waals surface area (Å²) in [4.78, 5) is 12.1. The van der Waals surface area contributed by atoms with Crippen LogP contribution in [0.25, 0.3) is 0 Å². The van der Waals surface area contributed by atoms with Gasteiger partial charge in [-0.15, -0.1) is 0 Å². The Morgan fingerprint density at radius 1 is 1.33 bits per heavy atom. The number of carbonyl (C=O) groups excluding carboxylic acids is 1. The first kappa shape index (κ1) is 14.7. The van der Waals surface area contributed by atoms with Crippen molar-refractivity contribution in [1.82, 2.24) is 0 Å². The molecule has 0 spiro atoms. The topological polar surface area (TPSA) is 88.1 Å². The van der Waals surface area contributed by atoms with Crippen LogP contribution in [0, 0.1) is 11.3 Å². The number of nitrogens with zero attached hydrogens (tertiary/aromatic N) is 1. The first-order valence-corrected chi connectivity index (χ1v) is 6.37. The number of methoxy groups -OCH3 is 1. The third kappa shape index (κ3) is 3.25. The van der Waals surface area contributed by atoms with Crippen molar-refractivity contribution in [2.75, 3.05) is 18.2 Å². The van der Waals surface area contributed by atoms with Crippen molar-refractivity contribution in [2.45, 2.75) is 0 Å². The number of amides is 1. The molecule has 0 saturated heterocycles. The SMILES string of the molecule is COc1ccc(C(=O)Nc2ccc(C#N)c(Cl)c2)cc1N. The summed E-state index contributed by atoms with van der Waals surface area (Å²) >= 11 is 5.91. The molecule has 0 fully saturated rings. The molecule has 21 heavy (non-hydrogen) atoms. The summed E-state index contributed by atoms with van der Waals surface area (Å²) in [5.41, 5.74) is 7.39. The average Bonchev–Trinajstić information content (AvgIpc) is 2.47. The van der Waals surface area contributed by atoms with Crippen molar-refractivity contribution in [3.63, 3.8) is 0 Å². The van der Waals surface area contributed by atoms with Crippen LogP contribution in [-0.2, 0) is 0 Å². The second kappa shape index (κ2) is 6.16. The number of nitrogens with one attached hydrogen (secondary N) is 1. The van der Waals surface area contributed by atoms with E-state index in [1.165, 1.54) is 19.2 Å². The van der Waals surface area contributed by atoms with E-state index in [1.54, 1.807) is 24.3 Å². The molecule has 2 aromatic carbocycles. The molecule has 0 aromatic heterocycles. The van der Waals surface area contributed by atoms with Crippen molar-refractivity contribution in [3.8, 4) is 11.8 Å². The van der Waals surface area contributed by atoms with Crippen LogP contribution in [0.2, 0.25) is 5.02 Å². The molecule has 106 valence electrons. The summed E-state index contributed by atoms with van der Waals surface area (Å²) < 4.78 is 5.03. The highest BCUT2D eigenvalue weighted by molar-refractivity contribution is 6.32. The third-order valence-corrected chi connectivity index (χ3v) is 3.15. The lowest BCUT2D eigenvalue weighted by atomic mass is 10.1. The predicted octanol–water partition coefficient (Wildman–Crippen LogP) is 3.05. The number of halogens is 1. The van der Waals surface area contributed by atoms with E-state index in [0.717, 1.165) is 0 Å². The van der Waals surface area contributed by atoms with E-state index in [9.17, 15) is 4.79 Å². The number of anilines is 2. The van der Waals surface area contributed by atoms with Gasteiger partial charge in [0.15, 0.2) is 0 Å². The van der Waals surface area contributed by atoms with Crippen LogP contribution in [0.1, 0.15) is 15.9 Å². The Labute approximate surface area is 126 Å². The van der Waals surface area contributed by atoms with Crippen molar-refractivity contribution in [3.05, 3.63) is 52.5 Å². The van der Waals surface area contributed by atoms with Gasteiger partial charge in [0, 0.05) is 11.3 Å². The van der Waals surface area contributed by atoms with Gasteiger partial charge >= 0.3 is 0 Å². The van der Waals surface area contributed by atoms with Gasteiger partial charge in [0.05, 0.1) is 23.4 Å². The van der Waals surface area contributed by atoms with Gasteiger partial charge in [-0.3, -0.25) is 4.79 Å². The van der Waals surface area contributed by atoms with Crippen LogP contribution in [0.15, 0.2) is 36.4 Å². The molecule has 3 N–H and O–H groups in total. The lowest BCUT2D eigenvalue weighted by Gasteiger charge is -2.09. The molecular weight excluding hydrogens is 290 g/mol. The van der Waals surface area contributed by atoms with Gasteiger partial charge in [-0.2, -0.15) is 5.26 Å². The Kier molecular flexibility index (Phi) is 4.31. The predicted molar refractivity (Wildman–Crippen MR) is 81.5 cm³/mol. The molecule has 5 nitrogen and oxygen atoms in total. The van der Waals surface area contributed by atoms with Crippen LogP contribution < -0.4 is 15.8 Å². The largest absolute Gasteiger partial charge is 0.495 e. The van der Waals surface area contributed by atoms with Gasteiger partial charge < -0.3 is 15.8 Å². The molecule has 0 bridgehead atoms. The van der Waals surface area contributed by atoms with Crippen molar-refractivity contribution >= 4 is 28.9 Å². The van der Waals surface area contributed by atoms with E-state index in [4.69, 9.17) is 27.3 Å². The minimum Gasteiger partial charge on any atom is -0.495 e. The molecule has 0 radical (unpaired) electrons. The monoisotopic (exact) mass is 301 g/mol. The number of nitrogen functional groups attached to an aromatic ring is 1. The molecule has 2 rings (SSSR count). The third-order valence-electron chi connectivity index (χ3n) is 2.84. The van der Waals surface area contributed by atoms with E-state index in [1.807, 2.05) is 6.07 Å². The lowest BCUT2D eigenvalue weighted by molar-refractivity contribution is 0.102. The van der Waals surface area contributed by atoms with Crippen LogP contribution in [-0.4, -0.2) is 13.0 Å². The summed E-state index contributed by atoms with van der Waals surface area (Å²) in [5, 5.41) is 11.8. The molecule has 1 amide bonds. The van der Waals surface area contributed by atoms with E-state index in [-0.39, 0.29) is 10.9 Å². The summed E-state index contributed by atoms with van der Waals surface area (Å²) in [6.45, 7) is 0. The summed E-state index contributed by atoms with van der Waals surface area (Å²) in [6.07, 6.45) is 0. The van der Waals surface area contributed by atoms with E-state index in [0.29, 0.717) is 28.3 Å². The van der Waals surface area contributed by atoms with Crippen LogP contribution in [0.5, 0.6) is 5.75 Å². The number of rotatable bonds is 3. The lowest BCUT2D eigenvalue weighted by Crippen LogP contribution is -2.12. The number of nitrogens with two attached hydrogens (primary N) is 1. The van der Waals surface area contributed by atoms with E-state index >= 15 is 0 Å². The Morgan fingerprint density at radius 2 is 2.10 bits per heavy atom. The molecule has 0 saturated carbocycles. The zero-order valence-corrected chi connectivity index (χ0v) is 11.9. The van der Waals surface area contributed by atoms with Crippen molar-refractivity contribution in [2.24, 2.45) is 0 Å².